The summed E-state index contributed by atoms with van der Waals surface area (Å²) in [5, 5.41) is 16.2. The molecule has 2 aromatic rings. The molecule has 0 spiro atoms. The zero-order valence-electron chi connectivity index (χ0n) is 13.3. The third kappa shape index (κ3) is 3.63. The SMILES string of the molecule is Cc1ccc2c(c1)C(NC(=O)NCC(O)c1ccccc1Cl)CO2. The van der Waals surface area contributed by atoms with Crippen LogP contribution in [0.2, 0.25) is 5.02 Å². The number of urea groups is 1. The third-order valence-corrected chi connectivity index (χ3v) is 4.32. The van der Waals surface area contributed by atoms with E-state index in [2.05, 4.69) is 10.6 Å². The van der Waals surface area contributed by atoms with Crippen LogP contribution >= 0.6 is 11.6 Å². The number of rotatable bonds is 4. The summed E-state index contributed by atoms with van der Waals surface area (Å²) < 4.78 is 5.57. The number of fused-ring (bicyclic) bond motifs is 1. The van der Waals surface area contributed by atoms with Crippen molar-refractivity contribution in [2.75, 3.05) is 13.2 Å². The van der Waals surface area contributed by atoms with E-state index in [0.29, 0.717) is 17.2 Å². The van der Waals surface area contributed by atoms with Crippen LogP contribution in [-0.4, -0.2) is 24.3 Å². The maximum atomic E-state index is 12.1. The van der Waals surface area contributed by atoms with Gasteiger partial charge in [0.05, 0.1) is 12.1 Å². The number of carbonyl (C=O) groups is 1. The average Bonchev–Trinajstić information content (AvgIpc) is 2.95. The Morgan fingerprint density at radius 2 is 2.17 bits per heavy atom. The van der Waals surface area contributed by atoms with Crippen molar-refractivity contribution < 1.29 is 14.6 Å². The second kappa shape index (κ2) is 7.11. The molecule has 1 heterocycles. The molecule has 0 radical (unpaired) electrons. The molecule has 0 saturated heterocycles. The van der Waals surface area contributed by atoms with Crippen LogP contribution in [0.25, 0.3) is 0 Å². The first-order valence-electron chi connectivity index (χ1n) is 7.75. The van der Waals surface area contributed by atoms with Gasteiger partial charge in [-0.2, -0.15) is 0 Å². The van der Waals surface area contributed by atoms with Crippen LogP contribution in [0.5, 0.6) is 5.75 Å². The van der Waals surface area contributed by atoms with Crippen molar-refractivity contribution in [3.05, 3.63) is 64.2 Å². The fourth-order valence-corrected chi connectivity index (χ4v) is 2.97. The zero-order chi connectivity index (χ0) is 17.1. The first-order valence-corrected chi connectivity index (χ1v) is 8.12. The normalized spacial score (nSPS) is 16.9. The van der Waals surface area contributed by atoms with Crippen molar-refractivity contribution in [2.45, 2.75) is 19.1 Å². The van der Waals surface area contributed by atoms with Gasteiger partial charge in [-0.3, -0.25) is 0 Å². The van der Waals surface area contributed by atoms with Gasteiger partial charge in [-0.05, 0) is 19.1 Å². The number of aliphatic hydroxyl groups excluding tert-OH is 1. The molecule has 126 valence electrons. The highest BCUT2D eigenvalue weighted by molar-refractivity contribution is 6.31. The molecule has 2 amide bonds. The molecule has 1 aliphatic heterocycles. The maximum Gasteiger partial charge on any atom is 0.315 e. The first kappa shape index (κ1) is 16.6. The number of hydrogen-bond donors (Lipinski definition) is 3. The molecule has 0 fully saturated rings. The van der Waals surface area contributed by atoms with Gasteiger partial charge in [-0.15, -0.1) is 0 Å². The van der Waals surface area contributed by atoms with Crippen LogP contribution in [-0.2, 0) is 0 Å². The van der Waals surface area contributed by atoms with Crippen molar-refractivity contribution in [1.82, 2.24) is 10.6 Å². The quantitative estimate of drug-likeness (QED) is 0.796. The van der Waals surface area contributed by atoms with Gasteiger partial charge in [0, 0.05) is 22.7 Å². The Hall–Kier alpha value is -2.24. The zero-order valence-corrected chi connectivity index (χ0v) is 14.0. The largest absolute Gasteiger partial charge is 0.491 e. The molecule has 5 nitrogen and oxygen atoms in total. The molecule has 0 bridgehead atoms. The predicted molar refractivity (Wildman–Crippen MR) is 92.4 cm³/mol. The first-order chi connectivity index (χ1) is 11.5. The van der Waals surface area contributed by atoms with Gasteiger partial charge < -0.3 is 20.5 Å². The monoisotopic (exact) mass is 346 g/mol. The smallest absolute Gasteiger partial charge is 0.315 e. The Balaban J connectivity index is 1.56. The summed E-state index contributed by atoms with van der Waals surface area (Å²) in [6.07, 6.45) is -0.862. The lowest BCUT2D eigenvalue weighted by molar-refractivity contribution is 0.172. The second-order valence-corrected chi connectivity index (χ2v) is 6.20. The number of hydrogen-bond acceptors (Lipinski definition) is 3. The van der Waals surface area contributed by atoms with Gasteiger partial charge in [0.15, 0.2) is 0 Å². The minimum absolute atomic E-state index is 0.0732. The number of nitrogens with one attached hydrogen (secondary N) is 2. The summed E-state index contributed by atoms with van der Waals surface area (Å²) in [5.41, 5.74) is 2.67. The second-order valence-electron chi connectivity index (χ2n) is 5.80. The van der Waals surface area contributed by atoms with E-state index in [9.17, 15) is 9.90 Å². The summed E-state index contributed by atoms with van der Waals surface area (Å²) >= 11 is 6.04. The van der Waals surface area contributed by atoms with Crippen molar-refractivity contribution in [2.24, 2.45) is 0 Å². The lowest BCUT2D eigenvalue weighted by atomic mass is 10.1. The fourth-order valence-electron chi connectivity index (χ4n) is 2.71. The highest BCUT2D eigenvalue weighted by Crippen LogP contribution is 2.32. The molecular weight excluding hydrogens is 328 g/mol. The number of aliphatic hydroxyl groups is 1. The minimum Gasteiger partial charge on any atom is -0.491 e. The summed E-state index contributed by atoms with van der Waals surface area (Å²) in [6, 6.07) is 12.4. The van der Waals surface area contributed by atoms with E-state index >= 15 is 0 Å². The molecule has 6 heteroatoms. The molecule has 3 rings (SSSR count). The van der Waals surface area contributed by atoms with Crippen molar-refractivity contribution in [1.29, 1.82) is 0 Å². The molecule has 24 heavy (non-hydrogen) atoms. The van der Waals surface area contributed by atoms with E-state index in [-0.39, 0.29) is 18.6 Å². The molecule has 2 atom stereocenters. The van der Waals surface area contributed by atoms with Crippen LogP contribution in [0.3, 0.4) is 0 Å². The summed E-state index contributed by atoms with van der Waals surface area (Å²) in [5.74, 6) is 0.794. The van der Waals surface area contributed by atoms with Gasteiger partial charge in [-0.1, -0.05) is 47.5 Å². The van der Waals surface area contributed by atoms with Gasteiger partial charge in [0.25, 0.3) is 0 Å². The molecule has 0 saturated carbocycles. The Labute approximate surface area is 145 Å². The van der Waals surface area contributed by atoms with Crippen molar-refractivity contribution in [3.8, 4) is 5.75 Å². The topological polar surface area (TPSA) is 70.6 Å². The van der Waals surface area contributed by atoms with E-state index in [0.717, 1.165) is 16.9 Å². The lowest BCUT2D eigenvalue weighted by Crippen LogP contribution is -2.40. The lowest BCUT2D eigenvalue weighted by Gasteiger charge is -2.16. The van der Waals surface area contributed by atoms with E-state index in [4.69, 9.17) is 16.3 Å². The van der Waals surface area contributed by atoms with Gasteiger partial charge >= 0.3 is 6.03 Å². The van der Waals surface area contributed by atoms with Gasteiger partial charge in [0.1, 0.15) is 12.4 Å². The minimum atomic E-state index is -0.862. The molecule has 0 aromatic heterocycles. The fraction of sp³-hybridized carbons (Fsp3) is 0.278. The molecule has 0 aliphatic carbocycles. The number of halogens is 1. The Kier molecular flexibility index (Phi) is 4.92. The predicted octanol–water partition coefficient (Wildman–Crippen LogP) is 3.11. The number of aryl methyl sites for hydroxylation is 1. The Morgan fingerprint density at radius 1 is 1.38 bits per heavy atom. The van der Waals surface area contributed by atoms with Crippen LogP contribution < -0.4 is 15.4 Å². The van der Waals surface area contributed by atoms with E-state index in [1.54, 1.807) is 24.3 Å². The molecule has 1 aliphatic rings. The highest BCUT2D eigenvalue weighted by atomic mass is 35.5. The number of carbonyl (C=O) groups excluding carboxylic acids is 1. The van der Waals surface area contributed by atoms with Crippen LogP contribution in [0.1, 0.15) is 28.8 Å². The molecule has 3 N–H and O–H groups in total. The number of benzene rings is 2. The molecular formula is C18H19ClN2O3. The van der Waals surface area contributed by atoms with Crippen LogP contribution in [0, 0.1) is 6.92 Å². The summed E-state index contributed by atoms with van der Waals surface area (Å²) in [7, 11) is 0. The standard InChI is InChI=1S/C18H19ClN2O3/c1-11-6-7-17-13(8-11)15(10-24-17)21-18(23)20-9-16(22)12-4-2-3-5-14(12)19/h2-8,15-16,22H,9-10H2,1H3,(H2,20,21,23). The third-order valence-electron chi connectivity index (χ3n) is 3.97. The average molecular weight is 347 g/mol. The van der Waals surface area contributed by atoms with Gasteiger partial charge in [0.2, 0.25) is 0 Å². The van der Waals surface area contributed by atoms with E-state index < -0.39 is 6.10 Å². The van der Waals surface area contributed by atoms with E-state index in [1.807, 2.05) is 25.1 Å². The van der Waals surface area contributed by atoms with Gasteiger partial charge in [-0.25, -0.2) is 4.79 Å². The van der Waals surface area contributed by atoms with Crippen LogP contribution in [0.4, 0.5) is 4.79 Å². The Morgan fingerprint density at radius 3 is 2.96 bits per heavy atom. The highest BCUT2D eigenvalue weighted by Gasteiger charge is 2.25. The maximum absolute atomic E-state index is 12.1. The summed E-state index contributed by atoms with van der Waals surface area (Å²) in [4.78, 5) is 12.1. The van der Waals surface area contributed by atoms with E-state index in [1.165, 1.54) is 0 Å². The Bertz CT molecular complexity index is 751. The molecule has 2 unspecified atom stereocenters. The van der Waals surface area contributed by atoms with Crippen molar-refractivity contribution in [3.63, 3.8) is 0 Å². The summed E-state index contributed by atoms with van der Waals surface area (Å²) in [6.45, 7) is 2.47. The van der Waals surface area contributed by atoms with Crippen LogP contribution in [0.15, 0.2) is 42.5 Å². The number of amides is 2. The van der Waals surface area contributed by atoms with Crippen molar-refractivity contribution >= 4 is 17.6 Å². The number of ether oxygens (including phenoxy) is 1. The molecule has 2 aromatic carbocycles.